The van der Waals surface area contributed by atoms with Crippen molar-refractivity contribution < 1.29 is 19.7 Å². The van der Waals surface area contributed by atoms with Crippen LogP contribution in [0.2, 0.25) is 5.02 Å². The van der Waals surface area contributed by atoms with Crippen molar-refractivity contribution >= 4 is 28.5 Å². The van der Waals surface area contributed by atoms with Gasteiger partial charge in [0.25, 0.3) is 0 Å². The van der Waals surface area contributed by atoms with Gasteiger partial charge in [0.05, 0.1) is 24.6 Å². The van der Waals surface area contributed by atoms with Gasteiger partial charge in [0, 0.05) is 29.2 Å². The Morgan fingerprint density at radius 3 is 2.69 bits per heavy atom. The molecular formula is C29H33ClN2O4. The molecule has 1 aliphatic heterocycles. The van der Waals surface area contributed by atoms with Crippen LogP contribution in [0.3, 0.4) is 0 Å². The molecule has 6 nitrogen and oxygen atoms in total. The van der Waals surface area contributed by atoms with Crippen molar-refractivity contribution in [3.05, 3.63) is 70.9 Å². The first kappa shape index (κ1) is 25.0. The Hall–Kier alpha value is -2.67. The van der Waals surface area contributed by atoms with Gasteiger partial charge in [-0.05, 0) is 98.0 Å². The Labute approximate surface area is 216 Å². The van der Waals surface area contributed by atoms with E-state index in [0.29, 0.717) is 31.3 Å². The van der Waals surface area contributed by atoms with E-state index in [2.05, 4.69) is 22.0 Å². The number of halogens is 1. The second-order valence-corrected chi connectivity index (χ2v) is 10.7. The van der Waals surface area contributed by atoms with Crippen LogP contribution in [0.4, 0.5) is 0 Å². The van der Waals surface area contributed by atoms with Crippen LogP contribution in [0, 0.1) is 11.8 Å². The highest BCUT2D eigenvalue weighted by molar-refractivity contribution is 6.30. The van der Waals surface area contributed by atoms with E-state index in [-0.39, 0.29) is 5.92 Å². The fraction of sp³-hybridized carbons (Fsp3) is 0.448. The second-order valence-electron chi connectivity index (χ2n) is 10.2. The van der Waals surface area contributed by atoms with Crippen molar-refractivity contribution in [2.45, 2.75) is 50.2 Å². The van der Waals surface area contributed by atoms with Crippen LogP contribution in [-0.4, -0.2) is 52.3 Å². The Kier molecular flexibility index (Phi) is 7.47. The molecule has 0 spiro atoms. The molecule has 0 amide bonds. The summed E-state index contributed by atoms with van der Waals surface area (Å²) < 4.78 is 5.35. The lowest BCUT2D eigenvalue weighted by atomic mass is 9.73. The van der Waals surface area contributed by atoms with Gasteiger partial charge in [-0.2, -0.15) is 0 Å². The van der Waals surface area contributed by atoms with Crippen molar-refractivity contribution in [2.75, 3.05) is 20.2 Å². The third-order valence-corrected chi connectivity index (χ3v) is 8.48. The number of aliphatic carboxylic acids is 1. The predicted molar refractivity (Wildman–Crippen MR) is 141 cm³/mol. The molecule has 190 valence electrons. The normalized spacial score (nSPS) is 25.3. The van der Waals surface area contributed by atoms with Crippen molar-refractivity contribution in [2.24, 2.45) is 11.8 Å². The second kappa shape index (κ2) is 10.8. The van der Waals surface area contributed by atoms with E-state index in [1.165, 1.54) is 5.56 Å². The van der Waals surface area contributed by atoms with E-state index in [1.54, 1.807) is 13.3 Å². The van der Waals surface area contributed by atoms with Gasteiger partial charge < -0.3 is 14.9 Å². The fourth-order valence-electron chi connectivity index (χ4n) is 5.97. The number of hydrogen-bond donors (Lipinski definition) is 2. The van der Waals surface area contributed by atoms with E-state index in [1.807, 2.05) is 36.4 Å². The van der Waals surface area contributed by atoms with Crippen LogP contribution < -0.4 is 4.74 Å². The number of ether oxygens (including phenoxy) is 1. The fourth-order valence-corrected chi connectivity index (χ4v) is 6.09. The Bertz CT molecular complexity index is 1210. The molecule has 2 fully saturated rings. The molecule has 5 rings (SSSR count). The molecular weight excluding hydrogens is 476 g/mol. The van der Waals surface area contributed by atoms with Crippen LogP contribution in [0.1, 0.15) is 55.3 Å². The lowest BCUT2D eigenvalue weighted by Crippen LogP contribution is -2.52. The number of aliphatic hydroxyl groups excluding tert-OH is 1. The number of likely N-dealkylation sites (tertiary alicyclic amines) is 1. The van der Waals surface area contributed by atoms with Gasteiger partial charge in [0.15, 0.2) is 0 Å². The standard InChI is InChI=1S/C29H33ClN2O4/c1-36-23-7-8-27-25(16-23)24(10-12-31-27)28(33)9-4-19-11-13-32(17-26(19)29(34)35)22-14-20(15-22)18-2-5-21(30)6-3-18/h2-3,5-8,10,12,16,19-20,22,26,28,33H,4,9,11,13-15,17H2,1H3,(H,34,35)/t19-,20?,22?,26+,28?/m1/s1. The molecule has 1 aromatic heterocycles. The number of methoxy groups -OCH3 is 1. The summed E-state index contributed by atoms with van der Waals surface area (Å²) in [6.07, 6.45) is 5.21. The van der Waals surface area contributed by atoms with Crippen molar-refractivity contribution in [3.8, 4) is 5.75 Å². The highest BCUT2D eigenvalue weighted by Gasteiger charge is 2.41. The first-order valence-electron chi connectivity index (χ1n) is 12.8. The van der Waals surface area contributed by atoms with E-state index in [0.717, 1.165) is 53.0 Å². The summed E-state index contributed by atoms with van der Waals surface area (Å²) in [5.41, 5.74) is 2.93. The zero-order chi connectivity index (χ0) is 25.2. The first-order valence-corrected chi connectivity index (χ1v) is 13.1. The molecule has 3 aromatic rings. The lowest BCUT2D eigenvalue weighted by Gasteiger charge is -2.47. The highest BCUT2D eigenvalue weighted by Crippen LogP contribution is 2.42. The monoisotopic (exact) mass is 508 g/mol. The molecule has 0 bridgehead atoms. The molecule has 2 aliphatic rings. The number of carboxylic acids is 1. The Balaban J connectivity index is 1.19. The summed E-state index contributed by atoms with van der Waals surface area (Å²) in [6.45, 7) is 1.50. The molecule has 1 unspecified atom stereocenters. The molecule has 2 heterocycles. The number of hydrogen-bond acceptors (Lipinski definition) is 5. The summed E-state index contributed by atoms with van der Waals surface area (Å²) in [7, 11) is 1.62. The van der Waals surface area contributed by atoms with Gasteiger partial charge in [-0.3, -0.25) is 14.7 Å². The molecule has 2 aromatic carbocycles. The summed E-state index contributed by atoms with van der Waals surface area (Å²) >= 11 is 6.02. The minimum Gasteiger partial charge on any atom is -0.497 e. The molecule has 7 heteroatoms. The third-order valence-electron chi connectivity index (χ3n) is 8.23. The van der Waals surface area contributed by atoms with E-state index < -0.39 is 18.0 Å². The van der Waals surface area contributed by atoms with Crippen molar-refractivity contribution in [1.29, 1.82) is 0 Å². The van der Waals surface area contributed by atoms with Crippen LogP contribution in [0.25, 0.3) is 10.9 Å². The summed E-state index contributed by atoms with van der Waals surface area (Å²) in [5, 5.41) is 22.7. The van der Waals surface area contributed by atoms with Gasteiger partial charge in [-0.1, -0.05) is 23.7 Å². The van der Waals surface area contributed by atoms with Gasteiger partial charge in [-0.25, -0.2) is 0 Å². The number of carboxylic acid groups (broad SMARTS) is 1. The van der Waals surface area contributed by atoms with E-state index >= 15 is 0 Å². The van der Waals surface area contributed by atoms with E-state index in [4.69, 9.17) is 16.3 Å². The molecule has 3 atom stereocenters. The van der Waals surface area contributed by atoms with Gasteiger partial charge >= 0.3 is 5.97 Å². The molecule has 1 saturated carbocycles. The molecule has 1 saturated heterocycles. The zero-order valence-corrected chi connectivity index (χ0v) is 21.3. The Morgan fingerprint density at radius 2 is 1.97 bits per heavy atom. The van der Waals surface area contributed by atoms with Crippen LogP contribution >= 0.6 is 11.6 Å². The average molecular weight is 509 g/mol. The third kappa shape index (κ3) is 5.22. The summed E-state index contributed by atoms with van der Waals surface area (Å²) in [4.78, 5) is 19.0. The predicted octanol–water partition coefficient (Wildman–Crippen LogP) is 5.68. The van der Waals surface area contributed by atoms with Crippen molar-refractivity contribution in [1.82, 2.24) is 9.88 Å². The number of piperidine rings is 1. The Morgan fingerprint density at radius 1 is 1.19 bits per heavy atom. The van der Waals surface area contributed by atoms with E-state index in [9.17, 15) is 15.0 Å². The number of pyridine rings is 1. The van der Waals surface area contributed by atoms with Crippen LogP contribution in [0.5, 0.6) is 5.75 Å². The zero-order valence-electron chi connectivity index (χ0n) is 20.5. The maximum atomic E-state index is 12.2. The molecule has 1 aliphatic carbocycles. The number of aromatic nitrogens is 1. The van der Waals surface area contributed by atoms with Gasteiger partial charge in [-0.15, -0.1) is 0 Å². The smallest absolute Gasteiger partial charge is 0.308 e. The maximum absolute atomic E-state index is 12.2. The van der Waals surface area contributed by atoms with Gasteiger partial charge in [0.2, 0.25) is 0 Å². The maximum Gasteiger partial charge on any atom is 0.308 e. The SMILES string of the molecule is COc1ccc2nccc(C(O)CC[C@@H]3CCN(C4CC(c5ccc(Cl)cc5)C4)C[C@@H]3C(=O)O)c2c1. The first-order chi connectivity index (χ1) is 17.4. The lowest BCUT2D eigenvalue weighted by molar-refractivity contribution is -0.147. The highest BCUT2D eigenvalue weighted by atomic mass is 35.5. The molecule has 2 N–H and O–H groups in total. The number of rotatable bonds is 8. The minimum atomic E-state index is -0.730. The van der Waals surface area contributed by atoms with Gasteiger partial charge in [0.1, 0.15) is 5.75 Å². The number of benzene rings is 2. The van der Waals surface area contributed by atoms with Crippen LogP contribution in [0.15, 0.2) is 54.7 Å². The number of aliphatic hydroxyl groups is 1. The molecule has 36 heavy (non-hydrogen) atoms. The number of nitrogens with zero attached hydrogens (tertiary/aromatic N) is 2. The summed E-state index contributed by atoms with van der Waals surface area (Å²) in [5.74, 6) is 0.165. The van der Waals surface area contributed by atoms with Crippen molar-refractivity contribution in [3.63, 3.8) is 0 Å². The van der Waals surface area contributed by atoms with Crippen LogP contribution in [-0.2, 0) is 4.79 Å². The largest absolute Gasteiger partial charge is 0.497 e. The number of carbonyl (C=O) groups is 1. The topological polar surface area (TPSA) is 82.9 Å². The quantitative estimate of drug-likeness (QED) is 0.407. The minimum absolute atomic E-state index is 0.0585. The average Bonchev–Trinajstić information content (AvgIpc) is 2.87. The number of fused-ring (bicyclic) bond motifs is 1. The molecule has 0 radical (unpaired) electrons. The summed E-state index contributed by atoms with van der Waals surface area (Å²) in [6, 6.07) is 16.0.